The van der Waals surface area contributed by atoms with Crippen molar-refractivity contribution in [3.63, 3.8) is 0 Å². The Labute approximate surface area is 137 Å². The van der Waals surface area contributed by atoms with E-state index in [1.165, 1.54) is 11.1 Å². The Hall–Kier alpha value is -2.52. The molecule has 23 heavy (non-hydrogen) atoms. The number of ether oxygens (including phenoxy) is 1. The second-order valence-electron chi connectivity index (χ2n) is 5.82. The van der Waals surface area contributed by atoms with Crippen LogP contribution >= 0.6 is 0 Å². The molecular weight excluding hydrogens is 284 g/mol. The van der Waals surface area contributed by atoms with Gasteiger partial charge in [0.15, 0.2) is 0 Å². The second-order valence-corrected chi connectivity index (χ2v) is 5.82. The molecule has 0 atom stereocenters. The molecule has 0 spiro atoms. The Morgan fingerprint density at radius 1 is 0.913 bits per heavy atom. The van der Waals surface area contributed by atoms with Crippen molar-refractivity contribution in [2.24, 2.45) is 0 Å². The average molecular weight is 306 g/mol. The van der Waals surface area contributed by atoms with Crippen LogP contribution in [0, 0.1) is 0 Å². The molecule has 1 N–H and O–H groups in total. The molecule has 3 nitrogen and oxygen atoms in total. The molecule has 0 amide bonds. The highest BCUT2D eigenvalue weighted by atomic mass is 16.5. The monoisotopic (exact) mass is 306 g/mol. The third kappa shape index (κ3) is 3.82. The molecule has 0 radical (unpaired) electrons. The van der Waals surface area contributed by atoms with Crippen molar-refractivity contribution >= 4 is 0 Å². The number of aromatic amines is 1. The Kier molecular flexibility index (Phi) is 4.79. The first-order valence-electron chi connectivity index (χ1n) is 7.85. The first-order chi connectivity index (χ1) is 11.2. The van der Waals surface area contributed by atoms with Gasteiger partial charge in [0.2, 0.25) is 0 Å². The van der Waals surface area contributed by atoms with Crippen molar-refractivity contribution < 1.29 is 4.74 Å². The van der Waals surface area contributed by atoms with Crippen LogP contribution in [-0.2, 0) is 0 Å². The first-order valence-corrected chi connectivity index (χ1v) is 7.85. The Morgan fingerprint density at radius 2 is 1.65 bits per heavy atom. The molecular formula is C20H22N2O. The lowest BCUT2D eigenvalue weighted by molar-refractivity contribution is 0.262. The maximum atomic E-state index is 5.96. The summed E-state index contributed by atoms with van der Waals surface area (Å²) in [4.78, 5) is 5.49. The van der Waals surface area contributed by atoms with Crippen molar-refractivity contribution in [2.45, 2.75) is 0 Å². The SMILES string of the molecule is CN(C)CCOc1ccccc1-c1cc(-c2ccccc2)c[nH]1. The van der Waals surface area contributed by atoms with Gasteiger partial charge in [-0.15, -0.1) is 0 Å². The quantitative estimate of drug-likeness (QED) is 0.736. The Morgan fingerprint density at radius 3 is 2.43 bits per heavy atom. The number of H-pyrrole nitrogens is 1. The standard InChI is InChI=1S/C20H22N2O/c1-22(2)12-13-23-20-11-7-6-10-18(20)19-14-17(15-21-19)16-8-4-3-5-9-16/h3-11,14-15,21H,12-13H2,1-2H3. The summed E-state index contributed by atoms with van der Waals surface area (Å²) in [6, 6.07) is 20.7. The average Bonchev–Trinajstić information content (AvgIpc) is 3.06. The summed E-state index contributed by atoms with van der Waals surface area (Å²) >= 11 is 0. The molecule has 0 fully saturated rings. The van der Waals surface area contributed by atoms with Gasteiger partial charge in [-0.1, -0.05) is 42.5 Å². The van der Waals surface area contributed by atoms with Crippen LogP contribution in [0.2, 0.25) is 0 Å². The smallest absolute Gasteiger partial charge is 0.128 e. The predicted molar refractivity (Wildman–Crippen MR) is 95.7 cm³/mol. The lowest BCUT2D eigenvalue weighted by Gasteiger charge is -2.13. The molecule has 0 aliphatic carbocycles. The van der Waals surface area contributed by atoms with E-state index >= 15 is 0 Å². The minimum Gasteiger partial charge on any atom is -0.492 e. The maximum Gasteiger partial charge on any atom is 0.128 e. The normalized spacial score (nSPS) is 10.9. The highest BCUT2D eigenvalue weighted by molar-refractivity contribution is 5.74. The topological polar surface area (TPSA) is 28.3 Å². The van der Waals surface area contributed by atoms with Gasteiger partial charge in [0.05, 0.1) is 0 Å². The van der Waals surface area contributed by atoms with E-state index in [-0.39, 0.29) is 0 Å². The van der Waals surface area contributed by atoms with Crippen molar-refractivity contribution in [1.29, 1.82) is 0 Å². The number of nitrogens with zero attached hydrogens (tertiary/aromatic N) is 1. The van der Waals surface area contributed by atoms with Gasteiger partial charge in [-0.25, -0.2) is 0 Å². The Bertz CT molecular complexity index is 747. The van der Waals surface area contributed by atoms with Gasteiger partial charge in [-0.3, -0.25) is 0 Å². The highest BCUT2D eigenvalue weighted by Crippen LogP contribution is 2.32. The van der Waals surface area contributed by atoms with Crippen LogP contribution in [0.4, 0.5) is 0 Å². The number of hydrogen-bond donors (Lipinski definition) is 1. The van der Waals surface area contributed by atoms with Crippen LogP contribution in [0.25, 0.3) is 22.4 Å². The van der Waals surface area contributed by atoms with Gasteiger partial charge in [-0.05, 0) is 43.4 Å². The molecule has 1 aromatic heterocycles. The maximum absolute atomic E-state index is 5.96. The molecule has 3 heteroatoms. The third-order valence-corrected chi connectivity index (χ3v) is 3.76. The van der Waals surface area contributed by atoms with E-state index in [0.29, 0.717) is 6.61 Å². The van der Waals surface area contributed by atoms with Gasteiger partial charge in [0, 0.05) is 24.0 Å². The summed E-state index contributed by atoms with van der Waals surface area (Å²) in [6.07, 6.45) is 2.04. The first kappa shape index (κ1) is 15.4. The Balaban J connectivity index is 1.83. The van der Waals surface area contributed by atoms with E-state index < -0.39 is 0 Å². The molecule has 0 unspecified atom stereocenters. The predicted octanol–water partition coefficient (Wildman–Crippen LogP) is 4.29. The van der Waals surface area contributed by atoms with E-state index in [9.17, 15) is 0 Å². The van der Waals surface area contributed by atoms with Crippen LogP contribution in [-0.4, -0.2) is 37.1 Å². The number of aromatic nitrogens is 1. The summed E-state index contributed by atoms with van der Waals surface area (Å²) < 4.78 is 5.96. The van der Waals surface area contributed by atoms with Crippen molar-refractivity contribution in [3.05, 3.63) is 66.9 Å². The minimum absolute atomic E-state index is 0.677. The molecule has 1 heterocycles. The second kappa shape index (κ2) is 7.16. The molecule has 2 aromatic carbocycles. The summed E-state index contributed by atoms with van der Waals surface area (Å²) in [5.41, 5.74) is 4.56. The van der Waals surface area contributed by atoms with Gasteiger partial charge in [0.1, 0.15) is 12.4 Å². The van der Waals surface area contributed by atoms with Gasteiger partial charge in [-0.2, -0.15) is 0 Å². The third-order valence-electron chi connectivity index (χ3n) is 3.76. The zero-order valence-corrected chi connectivity index (χ0v) is 13.6. The molecule has 0 bridgehead atoms. The fourth-order valence-electron chi connectivity index (χ4n) is 2.50. The molecule has 118 valence electrons. The lowest BCUT2D eigenvalue weighted by Crippen LogP contribution is -2.19. The fourth-order valence-corrected chi connectivity index (χ4v) is 2.50. The molecule has 0 saturated heterocycles. The summed E-state index contributed by atoms with van der Waals surface area (Å²) in [5.74, 6) is 0.913. The zero-order chi connectivity index (χ0) is 16.1. The van der Waals surface area contributed by atoms with Crippen LogP contribution in [0.1, 0.15) is 0 Å². The van der Waals surface area contributed by atoms with Gasteiger partial charge >= 0.3 is 0 Å². The number of likely N-dealkylation sites (N-methyl/N-ethyl adjacent to an activating group) is 1. The van der Waals surface area contributed by atoms with Crippen LogP contribution in [0.15, 0.2) is 66.9 Å². The summed E-state index contributed by atoms with van der Waals surface area (Å²) in [5, 5.41) is 0. The number of benzene rings is 2. The van der Waals surface area contributed by atoms with E-state index in [0.717, 1.165) is 23.6 Å². The largest absolute Gasteiger partial charge is 0.492 e. The molecule has 3 aromatic rings. The van der Waals surface area contributed by atoms with Crippen LogP contribution < -0.4 is 4.74 Å². The number of nitrogens with one attached hydrogen (secondary N) is 1. The number of hydrogen-bond acceptors (Lipinski definition) is 2. The fraction of sp³-hybridized carbons (Fsp3) is 0.200. The van der Waals surface area contributed by atoms with E-state index in [4.69, 9.17) is 4.74 Å². The van der Waals surface area contributed by atoms with E-state index in [1.807, 2.05) is 44.6 Å². The summed E-state index contributed by atoms with van der Waals surface area (Å²) in [6.45, 7) is 1.57. The molecule has 0 aliphatic heterocycles. The van der Waals surface area contributed by atoms with Gasteiger partial charge < -0.3 is 14.6 Å². The number of rotatable bonds is 6. The van der Waals surface area contributed by atoms with E-state index in [2.05, 4.69) is 46.3 Å². The van der Waals surface area contributed by atoms with Gasteiger partial charge in [0.25, 0.3) is 0 Å². The zero-order valence-electron chi connectivity index (χ0n) is 13.6. The summed E-state index contributed by atoms with van der Waals surface area (Å²) in [7, 11) is 4.10. The van der Waals surface area contributed by atoms with E-state index in [1.54, 1.807) is 0 Å². The lowest BCUT2D eigenvalue weighted by atomic mass is 10.1. The van der Waals surface area contributed by atoms with Crippen LogP contribution in [0.3, 0.4) is 0 Å². The molecule has 3 rings (SSSR count). The highest BCUT2D eigenvalue weighted by Gasteiger charge is 2.09. The van der Waals surface area contributed by atoms with Crippen molar-refractivity contribution in [1.82, 2.24) is 9.88 Å². The van der Waals surface area contributed by atoms with Crippen molar-refractivity contribution in [3.8, 4) is 28.1 Å². The molecule has 0 aliphatic rings. The van der Waals surface area contributed by atoms with Crippen LogP contribution in [0.5, 0.6) is 5.75 Å². The minimum atomic E-state index is 0.677. The molecule has 0 saturated carbocycles. The number of para-hydroxylation sites is 1. The van der Waals surface area contributed by atoms with Crippen molar-refractivity contribution in [2.75, 3.05) is 27.2 Å².